The molecule has 4 rings (SSSR count). The zero-order chi connectivity index (χ0) is 23.4. The number of rotatable bonds is 6. The summed E-state index contributed by atoms with van der Waals surface area (Å²) in [5, 5.41) is 2.68. The molecule has 3 aromatic rings. The Hall–Kier alpha value is -3.45. The molecular formula is C26H26N2O4S. The van der Waals surface area contributed by atoms with E-state index in [1.165, 1.54) is 0 Å². The van der Waals surface area contributed by atoms with Gasteiger partial charge in [0, 0.05) is 23.1 Å². The van der Waals surface area contributed by atoms with E-state index in [0.717, 1.165) is 11.1 Å². The van der Waals surface area contributed by atoms with E-state index < -0.39 is 6.04 Å². The van der Waals surface area contributed by atoms with Gasteiger partial charge >= 0.3 is 0 Å². The molecule has 2 unspecified atom stereocenters. The maximum Gasteiger partial charge on any atom is 0.256 e. The zero-order valence-electron chi connectivity index (χ0n) is 18.8. The van der Waals surface area contributed by atoms with E-state index in [9.17, 15) is 9.59 Å². The summed E-state index contributed by atoms with van der Waals surface area (Å²) in [5.74, 6) is 1.05. The first-order valence-electron chi connectivity index (χ1n) is 10.6. The van der Waals surface area contributed by atoms with Gasteiger partial charge in [0.15, 0.2) is 0 Å². The fourth-order valence-electron chi connectivity index (χ4n) is 3.77. The number of hydrogen-bond donors (Lipinski definition) is 1. The molecule has 2 atom stereocenters. The number of nitrogens with one attached hydrogen (secondary N) is 1. The van der Waals surface area contributed by atoms with Crippen molar-refractivity contribution in [3.05, 3.63) is 89.5 Å². The molecule has 1 heterocycles. The number of aryl methyl sites for hydroxylation is 1. The number of benzene rings is 3. The Bertz CT molecular complexity index is 1110. The second-order valence-electron chi connectivity index (χ2n) is 7.78. The Balaban J connectivity index is 1.69. The third kappa shape index (κ3) is 4.98. The molecule has 2 amide bonds. The minimum Gasteiger partial charge on any atom is -0.497 e. The van der Waals surface area contributed by atoms with Gasteiger partial charge in [0.05, 0.1) is 14.2 Å². The van der Waals surface area contributed by atoms with Crippen molar-refractivity contribution < 1.29 is 19.1 Å². The van der Waals surface area contributed by atoms with Crippen molar-refractivity contribution in [3.63, 3.8) is 0 Å². The van der Waals surface area contributed by atoms with Gasteiger partial charge in [-0.3, -0.25) is 9.59 Å². The Morgan fingerprint density at radius 2 is 1.58 bits per heavy atom. The van der Waals surface area contributed by atoms with Gasteiger partial charge in [-0.2, -0.15) is 0 Å². The molecule has 0 aromatic heterocycles. The molecule has 1 saturated heterocycles. The quantitative estimate of drug-likeness (QED) is 0.564. The van der Waals surface area contributed by atoms with Crippen LogP contribution in [0.2, 0.25) is 0 Å². The fraction of sp³-hybridized carbons (Fsp3) is 0.231. The van der Waals surface area contributed by atoms with Gasteiger partial charge in [-0.25, -0.2) is 0 Å². The molecule has 0 radical (unpaired) electrons. The van der Waals surface area contributed by atoms with Crippen LogP contribution < -0.4 is 14.8 Å². The summed E-state index contributed by atoms with van der Waals surface area (Å²) in [6.07, 6.45) is 0. The van der Waals surface area contributed by atoms with E-state index in [1.807, 2.05) is 61.5 Å². The normalized spacial score (nSPS) is 17.5. The Labute approximate surface area is 197 Å². The third-order valence-corrected chi connectivity index (χ3v) is 6.86. The number of methoxy groups -OCH3 is 2. The van der Waals surface area contributed by atoms with Gasteiger partial charge in [-0.05, 0) is 36.8 Å². The van der Waals surface area contributed by atoms with Crippen LogP contribution in [-0.4, -0.2) is 42.7 Å². The third-order valence-electron chi connectivity index (χ3n) is 5.54. The van der Waals surface area contributed by atoms with E-state index in [0.29, 0.717) is 28.5 Å². The monoisotopic (exact) mass is 462 g/mol. The highest BCUT2D eigenvalue weighted by atomic mass is 32.2. The molecule has 1 aliphatic heterocycles. The summed E-state index contributed by atoms with van der Waals surface area (Å²) >= 11 is 1.58. The standard InChI is InChI=1S/C26H26N2O4S/c1-17-9-11-20(12-10-17)27-24(29)23-16-33-26(18-7-5-4-6-8-18)28(23)25(30)19-13-21(31-2)15-22(14-19)32-3/h4-15,23,26H,16H2,1-3H3,(H,27,29). The Kier molecular flexibility index (Phi) is 6.89. The summed E-state index contributed by atoms with van der Waals surface area (Å²) < 4.78 is 10.7. The van der Waals surface area contributed by atoms with Crippen LogP contribution in [0, 0.1) is 6.92 Å². The van der Waals surface area contributed by atoms with Crippen molar-refractivity contribution >= 4 is 29.3 Å². The van der Waals surface area contributed by atoms with Crippen LogP contribution in [0.4, 0.5) is 5.69 Å². The van der Waals surface area contributed by atoms with E-state index >= 15 is 0 Å². The lowest BCUT2D eigenvalue weighted by atomic mass is 10.1. The minimum atomic E-state index is -0.633. The van der Waals surface area contributed by atoms with Crippen LogP contribution in [0.1, 0.15) is 26.9 Å². The minimum absolute atomic E-state index is 0.215. The van der Waals surface area contributed by atoms with Gasteiger partial charge in [-0.15, -0.1) is 11.8 Å². The number of amides is 2. The zero-order valence-corrected chi connectivity index (χ0v) is 19.6. The summed E-state index contributed by atoms with van der Waals surface area (Å²) in [6, 6.07) is 21.8. The Morgan fingerprint density at radius 1 is 0.939 bits per heavy atom. The highest BCUT2D eigenvalue weighted by Crippen LogP contribution is 2.43. The predicted molar refractivity (Wildman–Crippen MR) is 131 cm³/mol. The molecule has 1 N–H and O–H groups in total. The largest absolute Gasteiger partial charge is 0.497 e. The molecule has 6 nitrogen and oxygen atoms in total. The fourth-order valence-corrected chi connectivity index (χ4v) is 5.20. The second-order valence-corrected chi connectivity index (χ2v) is 8.89. The van der Waals surface area contributed by atoms with Gasteiger partial charge < -0.3 is 19.7 Å². The van der Waals surface area contributed by atoms with Crippen LogP contribution in [0.5, 0.6) is 11.5 Å². The molecule has 7 heteroatoms. The van der Waals surface area contributed by atoms with Crippen LogP contribution in [0.25, 0.3) is 0 Å². The molecule has 0 aliphatic carbocycles. The average Bonchev–Trinajstić information content (AvgIpc) is 3.30. The van der Waals surface area contributed by atoms with Crippen molar-refractivity contribution in [1.29, 1.82) is 0 Å². The summed E-state index contributed by atoms with van der Waals surface area (Å²) in [4.78, 5) is 28.8. The lowest BCUT2D eigenvalue weighted by Crippen LogP contribution is -2.45. The number of anilines is 1. The van der Waals surface area contributed by atoms with Crippen molar-refractivity contribution in [2.75, 3.05) is 25.3 Å². The first-order chi connectivity index (χ1) is 16.0. The maximum atomic E-state index is 13.8. The van der Waals surface area contributed by atoms with Crippen molar-refractivity contribution in [2.24, 2.45) is 0 Å². The lowest BCUT2D eigenvalue weighted by Gasteiger charge is -2.29. The van der Waals surface area contributed by atoms with Crippen LogP contribution in [-0.2, 0) is 4.79 Å². The maximum absolute atomic E-state index is 13.8. The predicted octanol–water partition coefficient (Wildman–Crippen LogP) is 4.91. The van der Waals surface area contributed by atoms with Crippen molar-refractivity contribution in [1.82, 2.24) is 4.90 Å². The lowest BCUT2D eigenvalue weighted by molar-refractivity contribution is -0.119. The van der Waals surface area contributed by atoms with Crippen molar-refractivity contribution in [3.8, 4) is 11.5 Å². The van der Waals surface area contributed by atoms with Gasteiger partial charge in [0.25, 0.3) is 5.91 Å². The second kappa shape index (κ2) is 10.0. The van der Waals surface area contributed by atoms with E-state index in [1.54, 1.807) is 49.1 Å². The van der Waals surface area contributed by atoms with E-state index in [-0.39, 0.29) is 17.2 Å². The number of ether oxygens (including phenoxy) is 2. The first kappa shape index (κ1) is 22.7. The van der Waals surface area contributed by atoms with Gasteiger partial charge in [0.2, 0.25) is 5.91 Å². The SMILES string of the molecule is COc1cc(OC)cc(C(=O)N2C(C(=O)Nc3ccc(C)cc3)CSC2c2ccccc2)c1. The van der Waals surface area contributed by atoms with E-state index in [2.05, 4.69) is 5.32 Å². The molecule has 1 aliphatic rings. The molecule has 0 bridgehead atoms. The van der Waals surface area contributed by atoms with Crippen LogP contribution >= 0.6 is 11.8 Å². The van der Waals surface area contributed by atoms with Crippen molar-refractivity contribution in [2.45, 2.75) is 18.3 Å². The highest BCUT2D eigenvalue weighted by molar-refractivity contribution is 7.99. The summed E-state index contributed by atoms with van der Waals surface area (Å²) in [6.45, 7) is 1.99. The number of thioether (sulfide) groups is 1. The number of carbonyl (C=O) groups is 2. The molecule has 0 saturated carbocycles. The number of carbonyl (C=O) groups excluding carboxylic acids is 2. The molecule has 3 aromatic carbocycles. The van der Waals surface area contributed by atoms with Crippen LogP contribution in [0.15, 0.2) is 72.8 Å². The highest BCUT2D eigenvalue weighted by Gasteiger charge is 2.42. The van der Waals surface area contributed by atoms with E-state index in [4.69, 9.17) is 9.47 Å². The molecule has 170 valence electrons. The van der Waals surface area contributed by atoms with Crippen LogP contribution in [0.3, 0.4) is 0 Å². The van der Waals surface area contributed by atoms with Gasteiger partial charge in [0.1, 0.15) is 22.9 Å². The average molecular weight is 463 g/mol. The smallest absolute Gasteiger partial charge is 0.256 e. The molecular weight excluding hydrogens is 436 g/mol. The first-order valence-corrected chi connectivity index (χ1v) is 11.6. The number of nitrogens with zero attached hydrogens (tertiary/aromatic N) is 1. The molecule has 1 fully saturated rings. The molecule has 33 heavy (non-hydrogen) atoms. The topological polar surface area (TPSA) is 67.9 Å². The summed E-state index contributed by atoms with van der Waals surface area (Å²) in [7, 11) is 3.08. The summed E-state index contributed by atoms with van der Waals surface area (Å²) in [5.41, 5.74) is 3.19. The Morgan fingerprint density at radius 3 is 2.18 bits per heavy atom. The number of hydrogen-bond acceptors (Lipinski definition) is 5. The molecule has 0 spiro atoms. The van der Waals surface area contributed by atoms with Gasteiger partial charge in [-0.1, -0.05) is 48.0 Å².